The molecule has 1 fully saturated rings. The van der Waals surface area contributed by atoms with Crippen LogP contribution in [-0.4, -0.2) is 47.5 Å². The van der Waals surface area contributed by atoms with Crippen LogP contribution in [0.25, 0.3) is 11.3 Å². The van der Waals surface area contributed by atoms with Crippen LogP contribution >= 0.6 is 11.6 Å². The second-order valence-corrected chi connectivity index (χ2v) is 5.44. The maximum atomic E-state index is 10.8. The molecule has 7 heteroatoms. The van der Waals surface area contributed by atoms with Gasteiger partial charge in [-0.3, -0.25) is 4.79 Å². The fraction of sp³-hybridized carbons (Fsp3) is 0.267. The zero-order chi connectivity index (χ0) is 15.5. The standard InChI is InChI=1S/C15H14ClN5O/c16-14-8-11(1-2-18-14)13-7-12(9-17)15(19-13)21-5-3-20(10-22)4-6-21/h1-2,7-8,10,19H,3-6H2. The number of hydrogen-bond donors (Lipinski definition) is 1. The lowest BCUT2D eigenvalue weighted by Crippen LogP contribution is -2.46. The van der Waals surface area contributed by atoms with Crippen LogP contribution in [0.5, 0.6) is 0 Å². The monoisotopic (exact) mass is 315 g/mol. The van der Waals surface area contributed by atoms with E-state index in [4.69, 9.17) is 11.6 Å². The number of anilines is 1. The van der Waals surface area contributed by atoms with Crippen molar-refractivity contribution in [3.8, 4) is 17.3 Å². The van der Waals surface area contributed by atoms with Gasteiger partial charge in [0.1, 0.15) is 17.0 Å². The van der Waals surface area contributed by atoms with E-state index in [1.165, 1.54) is 0 Å². The first-order valence-corrected chi connectivity index (χ1v) is 7.28. The van der Waals surface area contributed by atoms with Gasteiger partial charge in [-0.05, 0) is 18.2 Å². The minimum absolute atomic E-state index is 0.409. The van der Waals surface area contributed by atoms with E-state index in [0.717, 1.165) is 23.5 Å². The molecule has 112 valence electrons. The molecule has 0 aromatic carbocycles. The summed E-state index contributed by atoms with van der Waals surface area (Å²) in [7, 11) is 0. The topological polar surface area (TPSA) is 76.0 Å². The first-order valence-electron chi connectivity index (χ1n) is 6.90. The van der Waals surface area contributed by atoms with Crippen molar-refractivity contribution in [3.05, 3.63) is 35.1 Å². The van der Waals surface area contributed by atoms with Crippen LogP contribution in [0.2, 0.25) is 5.15 Å². The van der Waals surface area contributed by atoms with Crippen molar-refractivity contribution in [3.63, 3.8) is 0 Å². The third kappa shape index (κ3) is 2.76. The molecule has 1 N–H and O–H groups in total. The minimum atomic E-state index is 0.409. The van der Waals surface area contributed by atoms with E-state index in [-0.39, 0.29) is 0 Å². The van der Waals surface area contributed by atoms with Gasteiger partial charge in [-0.2, -0.15) is 5.26 Å². The molecule has 1 aliphatic rings. The summed E-state index contributed by atoms with van der Waals surface area (Å²) < 4.78 is 0. The van der Waals surface area contributed by atoms with E-state index < -0.39 is 0 Å². The smallest absolute Gasteiger partial charge is 0.209 e. The first-order chi connectivity index (χ1) is 10.7. The molecule has 0 saturated carbocycles. The molecule has 1 saturated heterocycles. The summed E-state index contributed by atoms with van der Waals surface area (Å²) in [4.78, 5) is 21.8. The Kier molecular flexibility index (Phi) is 3.98. The zero-order valence-corrected chi connectivity index (χ0v) is 12.5. The molecule has 0 unspecified atom stereocenters. The fourth-order valence-corrected chi connectivity index (χ4v) is 2.73. The number of nitrogens with one attached hydrogen (secondary N) is 1. The van der Waals surface area contributed by atoms with Crippen LogP contribution in [0.15, 0.2) is 24.4 Å². The molecule has 2 aromatic heterocycles. The highest BCUT2D eigenvalue weighted by atomic mass is 35.5. The predicted molar refractivity (Wildman–Crippen MR) is 83.6 cm³/mol. The van der Waals surface area contributed by atoms with Gasteiger partial charge < -0.3 is 14.8 Å². The van der Waals surface area contributed by atoms with Crippen molar-refractivity contribution < 1.29 is 4.79 Å². The molecule has 0 radical (unpaired) electrons. The molecule has 22 heavy (non-hydrogen) atoms. The highest BCUT2D eigenvalue weighted by Crippen LogP contribution is 2.28. The SMILES string of the molecule is N#Cc1cc(-c2ccnc(Cl)c2)[nH]c1N1CCN(C=O)CC1. The lowest BCUT2D eigenvalue weighted by Gasteiger charge is -2.33. The largest absolute Gasteiger partial charge is 0.354 e. The molecule has 3 rings (SSSR count). The summed E-state index contributed by atoms with van der Waals surface area (Å²) in [6, 6.07) is 7.62. The van der Waals surface area contributed by atoms with Gasteiger partial charge in [-0.25, -0.2) is 4.98 Å². The molecule has 6 nitrogen and oxygen atoms in total. The van der Waals surface area contributed by atoms with Crippen LogP contribution in [0.1, 0.15) is 5.56 Å². The molecule has 2 aromatic rings. The number of hydrogen-bond acceptors (Lipinski definition) is 4. The van der Waals surface area contributed by atoms with Gasteiger partial charge in [0.25, 0.3) is 0 Å². The quantitative estimate of drug-likeness (QED) is 0.693. The molecule has 0 atom stereocenters. The Balaban J connectivity index is 1.90. The van der Waals surface area contributed by atoms with Crippen LogP contribution in [0.3, 0.4) is 0 Å². The number of aromatic amines is 1. The van der Waals surface area contributed by atoms with Crippen molar-refractivity contribution in [2.75, 3.05) is 31.1 Å². The molecule has 3 heterocycles. The normalized spacial score (nSPS) is 14.7. The fourth-order valence-electron chi connectivity index (χ4n) is 2.55. The average Bonchev–Trinajstić information content (AvgIpc) is 2.99. The van der Waals surface area contributed by atoms with Gasteiger partial charge in [-0.1, -0.05) is 11.6 Å². The van der Waals surface area contributed by atoms with E-state index >= 15 is 0 Å². The van der Waals surface area contributed by atoms with Crippen LogP contribution in [0, 0.1) is 11.3 Å². The molecular weight excluding hydrogens is 302 g/mol. The first kappa shape index (κ1) is 14.4. The Morgan fingerprint density at radius 1 is 1.32 bits per heavy atom. The number of halogens is 1. The number of aromatic nitrogens is 2. The number of H-pyrrole nitrogens is 1. The van der Waals surface area contributed by atoms with Crippen molar-refractivity contribution in [2.45, 2.75) is 0 Å². The highest BCUT2D eigenvalue weighted by molar-refractivity contribution is 6.29. The van der Waals surface area contributed by atoms with E-state index in [1.807, 2.05) is 12.1 Å². The van der Waals surface area contributed by atoms with E-state index in [9.17, 15) is 10.1 Å². The van der Waals surface area contributed by atoms with Gasteiger partial charge in [0.15, 0.2) is 0 Å². The van der Waals surface area contributed by atoms with E-state index in [1.54, 1.807) is 17.2 Å². The summed E-state index contributed by atoms with van der Waals surface area (Å²) >= 11 is 5.92. The van der Waals surface area contributed by atoms with Gasteiger partial charge in [0, 0.05) is 43.6 Å². The second-order valence-electron chi connectivity index (χ2n) is 5.05. The molecule has 0 spiro atoms. The predicted octanol–water partition coefficient (Wildman–Crippen LogP) is 1.88. The highest BCUT2D eigenvalue weighted by Gasteiger charge is 2.20. The average molecular weight is 316 g/mol. The number of carbonyl (C=O) groups excluding carboxylic acids is 1. The van der Waals surface area contributed by atoms with Crippen LogP contribution in [-0.2, 0) is 4.79 Å². The summed E-state index contributed by atoms with van der Waals surface area (Å²) in [5.74, 6) is 0.788. The van der Waals surface area contributed by atoms with Gasteiger partial charge in [-0.15, -0.1) is 0 Å². The lowest BCUT2D eigenvalue weighted by atomic mass is 10.2. The maximum Gasteiger partial charge on any atom is 0.209 e. The third-order valence-electron chi connectivity index (χ3n) is 3.73. The number of amides is 1. The van der Waals surface area contributed by atoms with Gasteiger partial charge in [0.05, 0.1) is 5.56 Å². The summed E-state index contributed by atoms with van der Waals surface area (Å²) in [6.45, 7) is 2.71. The maximum absolute atomic E-state index is 10.8. The Labute approximate surface area is 132 Å². The molecule has 1 amide bonds. The molecule has 0 bridgehead atoms. The zero-order valence-electron chi connectivity index (χ0n) is 11.8. The van der Waals surface area contributed by atoms with E-state index in [2.05, 4.69) is 20.9 Å². The Morgan fingerprint density at radius 2 is 2.09 bits per heavy atom. The number of rotatable bonds is 3. The van der Waals surface area contributed by atoms with Crippen molar-refractivity contribution in [2.24, 2.45) is 0 Å². The second kappa shape index (κ2) is 6.08. The summed E-state index contributed by atoms with van der Waals surface area (Å²) in [5.41, 5.74) is 2.30. The number of carbonyl (C=O) groups is 1. The number of pyridine rings is 1. The van der Waals surface area contributed by atoms with Gasteiger partial charge >= 0.3 is 0 Å². The lowest BCUT2D eigenvalue weighted by molar-refractivity contribution is -0.118. The number of nitriles is 1. The Hall–Kier alpha value is -2.52. The third-order valence-corrected chi connectivity index (χ3v) is 3.94. The van der Waals surface area contributed by atoms with E-state index in [0.29, 0.717) is 36.9 Å². The Morgan fingerprint density at radius 3 is 2.73 bits per heavy atom. The summed E-state index contributed by atoms with van der Waals surface area (Å²) in [5, 5.41) is 9.77. The number of piperazine rings is 1. The Bertz CT molecular complexity index is 728. The van der Waals surface area contributed by atoms with Crippen LogP contribution < -0.4 is 4.90 Å². The summed E-state index contributed by atoms with van der Waals surface area (Å²) in [6.07, 6.45) is 2.49. The van der Waals surface area contributed by atoms with Crippen molar-refractivity contribution >= 4 is 23.8 Å². The molecular formula is C15H14ClN5O. The number of nitrogens with zero attached hydrogens (tertiary/aromatic N) is 4. The molecule has 0 aliphatic carbocycles. The molecule has 1 aliphatic heterocycles. The van der Waals surface area contributed by atoms with Crippen molar-refractivity contribution in [1.29, 1.82) is 5.26 Å². The minimum Gasteiger partial charge on any atom is -0.354 e. The van der Waals surface area contributed by atoms with Gasteiger partial charge in [0.2, 0.25) is 6.41 Å². The van der Waals surface area contributed by atoms with Crippen LogP contribution in [0.4, 0.5) is 5.82 Å². The van der Waals surface area contributed by atoms with Crippen molar-refractivity contribution in [1.82, 2.24) is 14.9 Å².